The van der Waals surface area contributed by atoms with Gasteiger partial charge in [-0.25, -0.2) is 0 Å². The van der Waals surface area contributed by atoms with Crippen LogP contribution >= 0.6 is 12.2 Å². The van der Waals surface area contributed by atoms with Crippen LogP contribution in [0.2, 0.25) is 0 Å². The van der Waals surface area contributed by atoms with Crippen molar-refractivity contribution in [2.45, 2.75) is 13.8 Å². The number of nitrogens with zero attached hydrogens (tertiary/aromatic N) is 2. The van der Waals surface area contributed by atoms with Crippen LogP contribution in [0.4, 0.5) is 11.4 Å². The molecule has 2 aromatic carbocycles. The lowest BCUT2D eigenvalue weighted by Gasteiger charge is -2.11. The van der Waals surface area contributed by atoms with Crippen molar-refractivity contribution in [2.75, 3.05) is 5.32 Å². The van der Waals surface area contributed by atoms with E-state index in [1.54, 1.807) is 29.8 Å². The molecule has 0 saturated carbocycles. The number of nitro benzene ring substituents is 1. The van der Waals surface area contributed by atoms with Crippen molar-refractivity contribution in [3.63, 3.8) is 0 Å². The Hall–Kier alpha value is -3.58. The van der Waals surface area contributed by atoms with Crippen LogP contribution in [-0.4, -0.2) is 15.0 Å². The minimum atomic E-state index is -0.466. The van der Waals surface area contributed by atoms with Crippen LogP contribution < -0.4 is 9.88 Å². The van der Waals surface area contributed by atoms with Crippen LogP contribution in [0.25, 0.3) is 11.5 Å². The predicted molar refractivity (Wildman–Crippen MR) is 118 cm³/mol. The van der Waals surface area contributed by atoms with Crippen molar-refractivity contribution < 1.29 is 14.6 Å². The number of nitrogens with one attached hydrogen (secondary N) is 1. The van der Waals surface area contributed by atoms with Crippen LogP contribution in [-0.2, 0) is 0 Å². The Balaban J connectivity index is 2.15. The van der Waals surface area contributed by atoms with Gasteiger partial charge in [0.1, 0.15) is 0 Å². The molecule has 0 saturated heterocycles. The zero-order valence-corrected chi connectivity index (χ0v) is 16.8. The molecule has 29 heavy (non-hydrogen) atoms. The molecule has 0 bridgehead atoms. The number of hydrogen-bond acceptors (Lipinski definition) is 4. The van der Waals surface area contributed by atoms with E-state index in [1.165, 1.54) is 6.07 Å². The van der Waals surface area contributed by atoms with Crippen LogP contribution in [0.15, 0.2) is 73.1 Å². The summed E-state index contributed by atoms with van der Waals surface area (Å²) in [6, 6.07) is 17.7. The number of pyridine rings is 1. The Morgan fingerprint density at radius 2 is 1.83 bits per heavy atom. The molecule has 0 radical (unpaired) electrons. The lowest BCUT2D eigenvalue weighted by Crippen LogP contribution is -2.38. The van der Waals surface area contributed by atoms with Crippen molar-refractivity contribution >= 4 is 40.0 Å². The third-order valence-electron chi connectivity index (χ3n) is 4.36. The molecule has 0 fully saturated rings. The Kier molecular flexibility index (Phi) is 5.99. The van der Waals surface area contributed by atoms with Crippen molar-refractivity contribution in [3.8, 4) is 0 Å². The van der Waals surface area contributed by atoms with Gasteiger partial charge in [-0.05, 0) is 32.0 Å². The number of thiocarbonyl (C=S) groups is 1. The van der Waals surface area contributed by atoms with E-state index < -0.39 is 4.92 Å². The number of para-hydroxylation sites is 1. The smallest absolute Gasteiger partial charge is 0.288 e. The quantitative estimate of drug-likeness (QED) is 0.159. The molecule has 146 valence electrons. The molecule has 2 N–H and O–H groups in total. The van der Waals surface area contributed by atoms with Gasteiger partial charge in [0.25, 0.3) is 11.4 Å². The van der Waals surface area contributed by atoms with Gasteiger partial charge in [0.05, 0.1) is 4.92 Å². The van der Waals surface area contributed by atoms with Crippen molar-refractivity contribution in [1.82, 2.24) is 0 Å². The zero-order valence-electron chi connectivity index (χ0n) is 16.0. The van der Waals surface area contributed by atoms with E-state index in [4.69, 9.17) is 12.2 Å². The van der Waals surface area contributed by atoms with Gasteiger partial charge in [0.2, 0.25) is 0 Å². The first-order valence-corrected chi connectivity index (χ1v) is 9.31. The number of nitro groups is 1. The summed E-state index contributed by atoms with van der Waals surface area (Å²) in [5.41, 5.74) is 2.82. The van der Waals surface area contributed by atoms with Gasteiger partial charge in [-0.3, -0.25) is 10.1 Å². The summed E-state index contributed by atoms with van der Waals surface area (Å²) in [7, 11) is 0. The number of aliphatic hydroxyl groups is 1. The zero-order chi connectivity index (χ0) is 21.0. The fourth-order valence-corrected chi connectivity index (χ4v) is 3.20. The Morgan fingerprint density at radius 1 is 1.10 bits per heavy atom. The van der Waals surface area contributed by atoms with E-state index in [-0.39, 0.29) is 16.4 Å². The summed E-state index contributed by atoms with van der Waals surface area (Å²) in [6.45, 7) is 3.58. The number of anilines is 1. The number of rotatable bonds is 5. The minimum Gasteiger partial charge on any atom is -0.502 e. The van der Waals surface area contributed by atoms with Crippen molar-refractivity contribution in [3.05, 3.63) is 99.9 Å². The Labute approximate surface area is 173 Å². The third-order valence-corrected chi connectivity index (χ3v) is 4.65. The molecule has 0 atom stereocenters. The summed E-state index contributed by atoms with van der Waals surface area (Å²) in [5, 5.41) is 25.5. The molecule has 7 heteroatoms. The van der Waals surface area contributed by atoms with Crippen LogP contribution in [0.5, 0.6) is 0 Å². The van der Waals surface area contributed by atoms with Gasteiger partial charge in [-0.1, -0.05) is 42.5 Å². The lowest BCUT2D eigenvalue weighted by molar-refractivity contribution is -0.576. The molecule has 0 aliphatic rings. The maximum Gasteiger partial charge on any atom is 0.288 e. The fourth-order valence-electron chi connectivity index (χ4n) is 2.88. The Bertz CT molecular complexity index is 1110. The van der Waals surface area contributed by atoms with Gasteiger partial charge >= 0.3 is 0 Å². The van der Waals surface area contributed by atoms with Gasteiger partial charge in [0.15, 0.2) is 23.1 Å². The van der Waals surface area contributed by atoms with Gasteiger partial charge in [-0.15, -0.1) is 0 Å². The van der Waals surface area contributed by atoms with Crippen molar-refractivity contribution in [1.29, 1.82) is 0 Å². The molecule has 0 spiro atoms. The average Bonchev–Trinajstić information content (AvgIpc) is 2.69. The highest BCUT2D eigenvalue weighted by molar-refractivity contribution is 7.81. The fraction of sp³-hybridized carbons (Fsp3) is 0.0909. The first-order valence-electron chi connectivity index (χ1n) is 8.90. The molecule has 0 aliphatic carbocycles. The molecule has 0 aliphatic heterocycles. The topological polar surface area (TPSA) is 79.3 Å². The Morgan fingerprint density at radius 3 is 2.48 bits per heavy atom. The highest BCUT2D eigenvalue weighted by Gasteiger charge is 2.25. The second-order valence-corrected chi connectivity index (χ2v) is 6.97. The monoisotopic (exact) mass is 406 g/mol. The summed E-state index contributed by atoms with van der Waals surface area (Å²) in [6.07, 6.45) is 3.59. The summed E-state index contributed by atoms with van der Waals surface area (Å²) in [4.78, 5) is 11.1. The largest absolute Gasteiger partial charge is 0.502 e. The highest BCUT2D eigenvalue weighted by atomic mass is 32.1. The molecule has 3 aromatic rings. The third kappa shape index (κ3) is 4.64. The summed E-state index contributed by atoms with van der Waals surface area (Å²) < 4.78 is 1.70. The SMILES string of the molecule is Cc1ccc[n+](C(C(=S)Nc2ccccc2)=C(O)c2ccc(C)c([N+](=O)[O-])c2)c1. The van der Waals surface area contributed by atoms with Crippen LogP contribution in [0.1, 0.15) is 16.7 Å². The van der Waals surface area contributed by atoms with Crippen LogP contribution in [0.3, 0.4) is 0 Å². The van der Waals surface area contributed by atoms with Crippen LogP contribution in [0, 0.1) is 24.0 Å². The van der Waals surface area contributed by atoms with Gasteiger partial charge in [0, 0.05) is 34.5 Å². The van der Waals surface area contributed by atoms with Crippen molar-refractivity contribution in [2.24, 2.45) is 0 Å². The number of aryl methyl sites for hydroxylation is 2. The van der Waals surface area contributed by atoms with E-state index in [9.17, 15) is 15.2 Å². The van der Waals surface area contributed by atoms with E-state index in [1.807, 2.05) is 55.6 Å². The molecular formula is C22H20N3O3S+. The summed E-state index contributed by atoms with van der Waals surface area (Å²) in [5.74, 6) is -0.155. The predicted octanol–water partition coefficient (Wildman–Crippen LogP) is 4.82. The van der Waals surface area contributed by atoms with Gasteiger partial charge < -0.3 is 10.4 Å². The second-order valence-electron chi connectivity index (χ2n) is 6.56. The van der Waals surface area contributed by atoms with E-state index in [0.717, 1.165) is 11.3 Å². The van der Waals surface area contributed by atoms with Gasteiger partial charge in [-0.2, -0.15) is 4.57 Å². The normalized spacial score (nSPS) is 11.5. The lowest BCUT2D eigenvalue weighted by atomic mass is 10.1. The molecule has 0 amide bonds. The first-order chi connectivity index (χ1) is 13.9. The maximum absolute atomic E-state index is 11.3. The van der Waals surface area contributed by atoms with E-state index >= 15 is 0 Å². The molecular weight excluding hydrogens is 386 g/mol. The number of aromatic nitrogens is 1. The molecule has 1 aromatic heterocycles. The molecule has 6 nitrogen and oxygen atoms in total. The number of hydrogen-bond donors (Lipinski definition) is 2. The van der Waals surface area contributed by atoms with E-state index in [2.05, 4.69) is 5.32 Å². The second kappa shape index (κ2) is 8.62. The average molecular weight is 406 g/mol. The number of aliphatic hydroxyl groups excluding tert-OH is 1. The molecule has 3 rings (SSSR count). The minimum absolute atomic E-state index is 0.0652. The molecule has 1 heterocycles. The first kappa shape index (κ1) is 20.2. The maximum atomic E-state index is 11.3. The highest BCUT2D eigenvalue weighted by Crippen LogP contribution is 2.25. The molecule has 0 unspecified atom stereocenters. The standard InChI is InChI=1S/C22H19N3O3S/c1-15-7-6-12-24(14-15)20(22(29)23-18-8-4-3-5-9-18)21(26)17-11-10-16(2)19(13-17)25(27)28/h3-14H,1-2H3,(H-,23,26,29)/p+1. The number of benzene rings is 2. The summed E-state index contributed by atoms with van der Waals surface area (Å²) >= 11 is 5.59. The van der Waals surface area contributed by atoms with E-state index in [0.29, 0.717) is 16.8 Å².